The molecular formula is C8H8FNO. The van der Waals surface area contributed by atoms with E-state index in [2.05, 4.69) is 11.6 Å². The second-order valence-corrected chi connectivity index (χ2v) is 2.08. The van der Waals surface area contributed by atoms with Crippen molar-refractivity contribution in [1.29, 1.82) is 0 Å². The highest BCUT2D eigenvalue weighted by molar-refractivity contribution is 5.12. The Balaban J connectivity index is 2.95. The van der Waals surface area contributed by atoms with Crippen LogP contribution < -0.4 is 0 Å². The maximum absolute atomic E-state index is 12.5. The van der Waals surface area contributed by atoms with Gasteiger partial charge in [0.05, 0.1) is 5.69 Å². The monoisotopic (exact) mass is 153 g/mol. The lowest BCUT2D eigenvalue weighted by Crippen LogP contribution is -1.96. The Kier molecular flexibility index (Phi) is 2.33. The second-order valence-electron chi connectivity index (χ2n) is 2.08. The van der Waals surface area contributed by atoms with Crippen LogP contribution in [0.5, 0.6) is 0 Å². The molecule has 0 saturated carbocycles. The molecule has 0 aliphatic heterocycles. The third kappa shape index (κ3) is 1.85. The molecule has 58 valence electrons. The molecule has 1 aromatic rings. The van der Waals surface area contributed by atoms with E-state index in [-0.39, 0.29) is 5.69 Å². The van der Waals surface area contributed by atoms with Crippen molar-refractivity contribution in [2.24, 2.45) is 0 Å². The summed E-state index contributed by atoms with van der Waals surface area (Å²) in [7, 11) is 0. The molecule has 1 unspecified atom stereocenters. The lowest BCUT2D eigenvalue weighted by Gasteiger charge is -2.02. The molecule has 1 rings (SSSR count). The average Bonchev–Trinajstić information content (AvgIpc) is 2.03. The van der Waals surface area contributed by atoms with E-state index in [1.807, 2.05) is 0 Å². The molecule has 0 aliphatic rings. The zero-order valence-electron chi connectivity index (χ0n) is 5.87. The molecule has 11 heavy (non-hydrogen) atoms. The standard InChI is InChI=1S/C8H8FNO/c1-2-8(11)7-5-6(9)3-4-10-7/h2-5,8,11H,1H2. The minimum absolute atomic E-state index is 0.278. The van der Waals surface area contributed by atoms with Crippen molar-refractivity contribution in [2.75, 3.05) is 0 Å². The van der Waals surface area contributed by atoms with E-state index < -0.39 is 11.9 Å². The minimum atomic E-state index is -0.884. The first-order chi connectivity index (χ1) is 5.24. The SMILES string of the molecule is C=CC(O)c1cc(F)ccn1. The Bertz CT molecular complexity index is 262. The number of pyridine rings is 1. The summed E-state index contributed by atoms with van der Waals surface area (Å²) in [5, 5.41) is 9.11. The van der Waals surface area contributed by atoms with E-state index in [1.165, 1.54) is 24.4 Å². The van der Waals surface area contributed by atoms with Gasteiger partial charge in [-0.25, -0.2) is 4.39 Å². The van der Waals surface area contributed by atoms with Gasteiger partial charge in [-0.2, -0.15) is 0 Å². The third-order valence-electron chi connectivity index (χ3n) is 1.27. The highest BCUT2D eigenvalue weighted by Crippen LogP contribution is 2.10. The van der Waals surface area contributed by atoms with Crippen LogP contribution in [-0.4, -0.2) is 10.1 Å². The van der Waals surface area contributed by atoms with Gasteiger partial charge in [-0.15, -0.1) is 6.58 Å². The van der Waals surface area contributed by atoms with Gasteiger partial charge in [0.1, 0.15) is 11.9 Å². The summed E-state index contributed by atoms with van der Waals surface area (Å²) in [6, 6.07) is 2.39. The molecule has 1 N–H and O–H groups in total. The van der Waals surface area contributed by atoms with Gasteiger partial charge in [0.2, 0.25) is 0 Å². The molecule has 0 amide bonds. The molecule has 2 nitrogen and oxygen atoms in total. The first-order valence-corrected chi connectivity index (χ1v) is 3.16. The predicted molar refractivity (Wildman–Crippen MR) is 39.4 cm³/mol. The number of aliphatic hydroxyl groups excluding tert-OH is 1. The average molecular weight is 153 g/mol. The van der Waals surface area contributed by atoms with Gasteiger partial charge in [-0.05, 0) is 12.1 Å². The van der Waals surface area contributed by atoms with E-state index in [0.717, 1.165) is 0 Å². The van der Waals surface area contributed by atoms with E-state index in [0.29, 0.717) is 0 Å². The topological polar surface area (TPSA) is 33.1 Å². The van der Waals surface area contributed by atoms with Gasteiger partial charge in [-0.3, -0.25) is 4.98 Å². The van der Waals surface area contributed by atoms with E-state index in [9.17, 15) is 4.39 Å². The zero-order chi connectivity index (χ0) is 8.27. The molecule has 0 fully saturated rings. The maximum atomic E-state index is 12.5. The van der Waals surface area contributed by atoms with Crippen LogP contribution in [0.3, 0.4) is 0 Å². The summed E-state index contributed by atoms with van der Waals surface area (Å²) in [5.74, 6) is -0.407. The second kappa shape index (κ2) is 3.25. The summed E-state index contributed by atoms with van der Waals surface area (Å²) >= 11 is 0. The van der Waals surface area contributed by atoms with Crippen molar-refractivity contribution in [2.45, 2.75) is 6.10 Å². The van der Waals surface area contributed by atoms with E-state index in [1.54, 1.807) is 0 Å². The summed E-state index contributed by atoms with van der Waals surface area (Å²) in [6.07, 6.45) is 1.71. The van der Waals surface area contributed by atoms with Crippen LogP contribution in [0.1, 0.15) is 11.8 Å². The van der Waals surface area contributed by atoms with Crippen molar-refractivity contribution in [1.82, 2.24) is 4.98 Å². The number of aromatic nitrogens is 1. The normalized spacial score (nSPS) is 12.5. The summed E-state index contributed by atoms with van der Waals surface area (Å²) < 4.78 is 12.5. The van der Waals surface area contributed by atoms with Gasteiger partial charge in [-0.1, -0.05) is 6.08 Å². The van der Waals surface area contributed by atoms with Gasteiger partial charge in [0, 0.05) is 6.20 Å². The highest BCUT2D eigenvalue weighted by atomic mass is 19.1. The molecular weight excluding hydrogens is 145 g/mol. The Morgan fingerprint density at radius 3 is 3.00 bits per heavy atom. The molecule has 0 aromatic carbocycles. The first-order valence-electron chi connectivity index (χ1n) is 3.16. The largest absolute Gasteiger partial charge is 0.383 e. The van der Waals surface area contributed by atoms with E-state index in [4.69, 9.17) is 5.11 Å². The highest BCUT2D eigenvalue weighted by Gasteiger charge is 2.03. The number of nitrogens with zero attached hydrogens (tertiary/aromatic N) is 1. The van der Waals surface area contributed by atoms with Crippen molar-refractivity contribution in [3.8, 4) is 0 Å². The number of aliphatic hydroxyl groups is 1. The number of hydrogen-bond acceptors (Lipinski definition) is 2. The molecule has 1 atom stereocenters. The molecule has 1 aromatic heterocycles. The van der Waals surface area contributed by atoms with Crippen LogP contribution in [-0.2, 0) is 0 Å². The number of rotatable bonds is 2. The molecule has 0 aliphatic carbocycles. The Morgan fingerprint density at radius 2 is 2.45 bits per heavy atom. The van der Waals surface area contributed by atoms with Crippen LogP contribution in [0.2, 0.25) is 0 Å². The van der Waals surface area contributed by atoms with Crippen LogP contribution in [0.25, 0.3) is 0 Å². The smallest absolute Gasteiger partial charge is 0.126 e. The quantitative estimate of drug-likeness (QED) is 0.652. The van der Waals surface area contributed by atoms with Crippen molar-refractivity contribution in [3.63, 3.8) is 0 Å². The fraction of sp³-hybridized carbons (Fsp3) is 0.125. The molecule has 0 radical (unpaired) electrons. The molecule has 0 bridgehead atoms. The molecule has 1 heterocycles. The maximum Gasteiger partial charge on any atom is 0.126 e. The van der Waals surface area contributed by atoms with Crippen LogP contribution in [0.4, 0.5) is 4.39 Å². The lowest BCUT2D eigenvalue weighted by atomic mass is 10.2. The molecule has 0 spiro atoms. The summed E-state index contributed by atoms with van der Waals surface area (Å²) in [5.41, 5.74) is 0.278. The fourth-order valence-corrected chi connectivity index (χ4v) is 0.704. The van der Waals surface area contributed by atoms with Crippen molar-refractivity contribution in [3.05, 3.63) is 42.5 Å². The van der Waals surface area contributed by atoms with Crippen LogP contribution in [0, 0.1) is 5.82 Å². The minimum Gasteiger partial charge on any atom is -0.383 e. The van der Waals surface area contributed by atoms with E-state index >= 15 is 0 Å². The first kappa shape index (κ1) is 7.88. The lowest BCUT2D eigenvalue weighted by molar-refractivity contribution is 0.223. The van der Waals surface area contributed by atoms with Gasteiger partial charge in [0.25, 0.3) is 0 Å². The van der Waals surface area contributed by atoms with Gasteiger partial charge < -0.3 is 5.11 Å². The molecule has 3 heteroatoms. The van der Waals surface area contributed by atoms with Crippen LogP contribution >= 0.6 is 0 Å². The number of hydrogen-bond donors (Lipinski definition) is 1. The van der Waals surface area contributed by atoms with Crippen molar-refractivity contribution >= 4 is 0 Å². The Hall–Kier alpha value is -1.22. The van der Waals surface area contributed by atoms with Gasteiger partial charge in [0.15, 0.2) is 0 Å². The molecule has 0 saturated heterocycles. The number of halogens is 1. The van der Waals surface area contributed by atoms with Crippen molar-refractivity contribution < 1.29 is 9.50 Å². The van der Waals surface area contributed by atoms with Crippen LogP contribution in [0.15, 0.2) is 31.0 Å². The third-order valence-corrected chi connectivity index (χ3v) is 1.27. The Morgan fingerprint density at radius 1 is 1.73 bits per heavy atom. The summed E-state index contributed by atoms with van der Waals surface area (Å²) in [6.45, 7) is 3.35. The summed E-state index contributed by atoms with van der Waals surface area (Å²) in [4.78, 5) is 3.75. The Labute approximate surface area is 64.0 Å². The predicted octanol–water partition coefficient (Wildman–Crippen LogP) is 1.44. The fourth-order valence-electron chi connectivity index (χ4n) is 0.704. The van der Waals surface area contributed by atoms with Gasteiger partial charge >= 0.3 is 0 Å². The zero-order valence-corrected chi connectivity index (χ0v) is 5.87.